The van der Waals surface area contributed by atoms with E-state index in [-0.39, 0.29) is 5.91 Å². The predicted molar refractivity (Wildman–Crippen MR) is 78.5 cm³/mol. The van der Waals surface area contributed by atoms with E-state index in [0.29, 0.717) is 37.6 Å². The first-order chi connectivity index (χ1) is 9.79. The van der Waals surface area contributed by atoms with E-state index >= 15 is 0 Å². The Morgan fingerprint density at radius 3 is 2.75 bits per heavy atom. The van der Waals surface area contributed by atoms with E-state index in [4.69, 9.17) is 15.3 Å². The molecule has 1 aromatic carbocycles. The van der Waals surface area contributed by atoms with Crippen LogP contribution >= 0.6 is 0 Å². The van der Waals surface area contributed by atoms with Gasteiger partial charge in [0.25, 0.3) is 5.91 Å². The maximum atomic E-state index is 11.9. The number of anilines is 1. The minimum absolute atomic E-state index is 0.126. The number of hydrogen-bond donors (Lipinski definition) is 3. The summed E-state index contributed by atoms with van der Waals surface area (Å²) in [5.41, 5.74) is 3.68. The fraction of sp³-hybridized carbons (Fsp3) is 0.500. The van der Waals surface area contributed by atoms with Gasteiger partial charge in [-0.05, 0) is 25.0 Å². The molecule has 1 aromatic rings. The SMILES string of the molecule is COCCOCCCCNC(=O)c1ccccc1NN. The number of unbranched alkanes of at least 4 members (excludes halogenated alkanes) is 1. The second kappa shape index (κ2) is 10.2. The Hall–Kier alpha value is -1.63. The van der Waals surface area contributed by atoms with E-state index in [0.717, 1.165) is 12.8 Å². The van der Waals surface area contributed by atoms with Crippen molar-refractivity contribution in [3.8, 4) is 0 Å². The van der Waals surface area contributed by atoms with Gasteiger partial charge in [0.05, 0.1) is 24.5 Å². The lowest BCUT2D eigenvalue weighted by molar-refractivity contribution is 0.0686. The zero-order valence-electron chi connectivity index (χ0n) is 11.9. The molecule has 0 aromatic heterocycles. The number of hydrogen-bond acceptors (Lipinski definition) is 5. The summed E-state index contributed by atoms with van der Waals surface area (Å²) in [6.07, 6.45) is 1.78. The Kier molecular flexibility index (Phi) is 8.37. The van der Waals surface area contributed by atoms with Crippen molar-refractivity contribution in [2.45, 2.75) is 12.8 Å². The third kappa shape index (κ3) is 6.01. The van der Waals surface area contributed by atoms with Crippen LogP contribution in [0.1, 0.15) is 23.2 Å². The van der Waals surface area contributed by atoms with Crippen molar-refractivity contribution in [3.63, 3.8) is 0 Å². The van der Waals surface area contributed by atoms with Crippen LogP contribution in [-0.4, -0.2) is 39.4 Å². The smallest absolute Gasteiger partial charge is 0.253 e. The molecule has 6 nitrogen and oxygen atoms in total. The van der Waals surface area contributed by atoms with Crippen LogP contribution in [0.2, 0.25) is 0 Å². The molecule has 1 rings (SSSR count). The van der Waals surface area contributed by atoms with Gasteiger partial charge >= 0.3 is 0 Å². The molecule has 0 aliphatic heterocycles. The van der Waals surface area contributed by atoms with Crippen LogP contribution in [0.15, 0.2) is 24.3 Å². The molecule has 0 aliphatic rings. The average Bonchev–Trinajstić information content (AvgIpc) is 2.49. The predicted octanol–water partition coefficient (Wildman–Crippen LogP) is 1.15. The van der Waals surface area contributed by atoms with E-state index < -0.39 is 0 Å². The van der Waals surface area contributed by atoms with Crippen LogP contribution in [0.5, 0.6) is 0 Å². The molecule has 0 saturated heterocycles. The number of carbonyl (C=O) groups excluding carboxylic acids is 1. The van der Waals surface area contributed by atoms with Gasteiger partial charge < -0.3 is 20.2 Å². The summed E-state index contributed by atoms with van der Waals surface area (Å²) in [4.78, 5) is 11.9. The Labute approximate surface area is 119 Å². The van der Waals surface area contributed by atoms with Crippen molar-refractivity contribution in [3.05, 3.63) is 29.8 Å². The van der Waals surface area contributed by atoms with Crippen molar-refractivity contribution < 1.29 is 14.3 Å². The topological polar surface area (TPSA) is 85.6 Å². The Morgan fingerprint density at radius 2 is 2.00 bits per heavy atom. The number of nitrogens with two attached hydrogens (primary N) is 1. The molecule has 1 amide bonds. The fourth-order valence-electron chi connectivity index (χ4n) is 1.68. The zero-order valence-corrected chi connectivity index (χ0v) is 11.9. The fourth-order valence-corrected chi connectivity index (χ4v) is 1.68. The number of nitrogens with one attached hydrogen (secondary N) is 2. The van der Waals surface area contributed by atoms with E-state index in [1.165, 1.54) is 0 Å². The van der Waals surface area contributed by atoms with Crippen LogP contribution in [0.4, 0.5) is 5.69 Å². The van der Waals surface area contributed by atoms with Gasteiger partial charge in [0.1, 0.15) is 0 Å². The first kappa shape index (κ1) is 16.4. The normalized spacial score (nSPS) is 10.3. The van der Waals surface area contributed by atoms with Gasteiger partial charge in [0.2, 0.25) is 0 Å². The average molecular weight is 281 g/mol. The van der Waals surface area contributed by atoms with Gasteiger partial charge in [0, 0.05) is 20.3 Å². The summed E-state index contributed by atoms with van der Waals surface area (Å²) in [5.74, 6) is 5.24. The van der Waals surface area contributed by atoms with Crippen LogP contribution < -0.4 is 16.6 Å². The lowest BCUT2D eigenvalue weighted by Gasteiger charge is -2.09. The summed E-state index contributed by atoms with van der Waals surface area (Å²) in [5, 5.41) is 2.86. The van der Waals surface area contributed by atoms with E-state index in [2.05, 4.69) is 10.7 Å². The standard InChI is InChI=1S/C14H23N3O3/c1-19-10-11-20-9-5-4-8-16-14(18)12-6-2-3-7-13(12)17-15/h2-3,6-7,17H,4-5,8-11,15H2,1H3,(H,16,18). The van der Waals surface area contributed by atoms with E-state index in [1.54, 1.807) is 25.3 Å². The van der Waals surface area contributed by atoms with Gasteiger partial charge in [-0.25, -0.2) is 0 Å². The van der Waals surface area contributed by atoms with Crippen molar-refractivity contribution in [1.29, 1.82) is 0 Å². The number of ether oxygens (including phenoxy) is 2. The minimum atomic E-state index is -0.126. The maximum Gasteiger partial charge on any atom is 0.253 e. The van der Waals surface area contributed by atoms with Crippen LogP contribution in [-0.2, 0) is 9.47 Å². The Bertz CT molecular complexity index is 399. The largest absolute Gasteiger partial charge is 0.382 e. The second-order valence-corrected chi connectivity index (χ2v) is 4.26. The van der Waals surface area contributed by atoms with Gasteiger partial charge in [0.15, 0.2) is 0 Å². The lowest BCUT2D eigenvalue weighted by Crippen LogP contribution is -2.26. The molecular formula is C14H23N3O3. The number of benzene rings is 1. The third-order valence-corrected chi connectivity index (χ3v) is 2.76. The van der Waals surface area contributed by atoms with Crippen molar-refractivity contribution in [2.24, 2.45) is 5.84 Å². The first-order valence-corrected chi connectivity index (χ1v) is 6.70. The molecule has 0 heterocycles. The summed E-state index contributed by atoms with van der Waals surface area (Å²) < 4.78 is 10.2. The van der Waals surface area contributed by atoms with Gasteiger partial charge in [-0.3, -0.25) is 10.6 Å². The first-order valence-electron chi connectivity index (χ1n) is 6.70. The molecule has 0 spiro atoms. The summed E-state index contributed by atoms with van der Waals surface area (Å²) in [6.45, 7) is 2.52. The number of amides is 1. The molecule has 20 heavy (non-hydrogen) atoms. The van der Waals surface area contributed by atoms with Crippen molar-refractivity contribution in [2.75, 3.05) is 38.9 Å². The number of rotatable bonds is 10. The monoisotopic (exact) mass is 281 g/mol. The highest BCUT2D eigenvalue weighted by Gasteiger charge is 2.08. The molecule has 0 bridgehead atoms. The number of nitrogen functional groups attached to an aromatic ring is 1. The molecule has 4 N–H and O–H groups in total. The number of para-hydroxylation sites is 1. The van der Waals surface area contributed by atoms with Crippen molar-refractivity contribution in [1.82, 2.24) is 5.32 Å². The Balaban J connectivity index is 2.17. The molecule has 6 heteroatoms. The van der Waals surface area contributed by atoms with Crippen molar-refractivity contribution >= 4 is 11.6 Å². The van der Waals surface area contributed by atoms with Gasteiger partial charge in [-0.15, -0.1) is 0 Å². The quantitative estimate of drug-likeness (QED) is 0.340. The van der Waals surface area contributed by atoms with Crippen LogP contribution in [0.25, 0.3) is 0 Å². The number of methoxy groups -OCH3 is 1. The Morgan fingerprint density at radius 1 is 1.20 bits per heavy atom. The molecule has 0 unspecified atom stereocenters. The lowest BCUT2D eigenvalue weighted by atomic mass is 10.1. The zero-order chi connectivity index (χ0) is 14.6. The highest BCUT2D eigenvalue weighted by molar-refractivity contribution is 5.99. The maximum absolute atomic E-state index is 11.9. The molecule has 0 radical (unpaired) electrons. The second-order valence-electron chi connectivity index (χ2n) is 4.26. The molecule has 0 fully saturated rings. The molecule has 0 atom stereocenters. The van der Waals surface area contributed by atoms with E-state index in [1.807, 2.05) is 6.07 Å². The molecule has 0 aliphatic carbocycles. The molecule has 0 saturated carbocycles. The van der Waals surface area contributed by atoms with Crippen LogP contribution in [0.3, 0.4) is 0 Å². The number of hydrazine groups is 1. The van der Waals surface area contributed by atoms with Crippen LogP contribution in [0, 0.1) is 0 Å². The highest BCUT2D eigenvalue weighted by Crippen LogP contribution is 2.12. The third-order valence-electron chi connectivity index (χ3n) is 2.76. The van der Waals surface area contributed by atoms with E-state index in [9.17, 15) is 4.79 Å². The molecule has 112 valence electrons. The molecular weight excluding hydrogens is 258 g/mol. The summed E-state index contributed by atoms with van der Waals surface area (Å²) in [6, 6.07) is 7.12. The van der Waals surface area contributed by atoms with Gasteiger partial charge in [-0.2, -0.15) is 0 Å². The number of carbonyl (C=O) groups is 1. The summed E-state index contributed by atoms with van der Waals surface area (Å²) >= 11 is 0. The minimum Gasteiger partial charge on any atom is -0.382 e. The summed E-state index contributed by atoms with van der Waals surface area (Å²) in [7, 11) is 1.65. The highest BCUT2D eigenvalue weighted by atomic mass is 16.5. The van der Waals surface area contributed by atoms with Gasteiger partial charge in [-0.1, -0.05) is 12.1 Å².